The molecule has 0 aromatic rings. The van der Waals surface area contributed by atoms with Gasteiger partial charge in [0.05, 0.1) is 0 Å². The van der Waals surface area contributed by atoms with E-state index in [0.29, 0.717) is 0 Å². The highest BCUT2D eigenvalue weighted by molar-refractivity contribution is 4.88. The first-order valence-corrected chi connectivity index (χ1v) is 7.54. The van der Waals surface area contributed by atoms with E-state index in [-0.39, 0.29) is 0 Å². The van der Waals surface area contributed by atoms with Crippen molar-refractivity contribution in [3.05, 3.63) is 0 Å². The van der Waals surface area contributed by atoms with Crippen LogP contribution in [0.2, 0.25) is 0 Å². The highest BCUT2D eigenvalue weighted by Crippen LogP contribution is 2.47. The summed E-state index contributed by atoms with van der Waals surface area (Å²) in [6, 6.07) is 0. The third-order valence-corrected chi connectivity index (χ3v) is 4.71. The summed E-state index contributed by atoms with van der Waals surface area (Å²) in [5, 5.41) is 0. The molecule has 96 valence electrons. The molecule has 0 aliphatic heterocycles. The minimum absolute atomic E-state index is 0.931. The van der Waals surface area contributed by atoms with Gasteiger partial charge in [0.25, 0.3) is 0 Å². The molecule has 1 rings (SSSR count). The summed E-state index contributed by atoms with van der Waals surface area (Å²) in [6.45, 7) is 11.9. The van der Waals surface area contributed by atoms with E-state index in [0.717, 1.165) is 29.6 Å². The van der Waals surface area contributed by atoms with Crippen LogP contribution >= 0.6 is 0 Å². The van der Waals surface area contributed by atoms with Crippen molar-refractivity contribution in [3.8, 4) is 0 Å². The summed E-state index contributed by atoms with van der Waals surface area (Å²) in [5.41, 5.74) is 0. The van der Waals surface area contributed by atoms with E-state index in [1.165, 1.54) is 38.5 Å². The molecule has 1 aliphatic rings. The van der Waals surface area contributed by atoms with Gasteiger partial charge in [-0.3, -0.25) is 0 Å². The van der Waals surface area contributed by atoms with Gasteiger partial charge in [-0.15, -0.1) is 0 Å². The molecule has 0 amide bonds. The molecule has 4 atom stereocenters. The van der Waals surface area contributed by atoms with Crippen LogP contribution in [0.15, 0.2) is 0 Å². The van der Waals surface area contributed by atoms with Crippen molar-refractivity contribution >= 4 is 0 Å². The Kier molecular flexibility index (Phi) is 5.86. The molecule has 1 fully saturated rings. The van der Waals surface area contributed by atoms with E-state index in [9.17, 15) is 0 Å². The average molecular weight is 224 g/mol. The van der Waals surface area contributed by atoms with E-state index < -0.39 is 0 Å². The fourth-order valence-corrected chi connectivity index (χ4v) is 2.84. The highest BCUT2D eigenvalue weighted by atomic mass is 14.4. The van der Waals surface area contributed by atoms with Crippen molar-refractivity contribution in [2.75, 3.05) is 0 Å². The molecular formula is C16H32. The SMILES string of the molecule is CCC(C)CCC(C)CCC1CC1C(C)C. The third-order valence-electron chi connectivity index (χ3n) is 4.71. The molecule has 1 aliphatic carbocycles. The Hall–Kier alpha value is 0. The molecule has 0 radical (unpaired) electrons. The zero-order chi connectivity index (χ0) is 12.1. The van der Waals surface area contributed by atoms with Gasteiger partial charge < -0.3 is 0 Å². The Morgan fingerprint density at radius 1 is 0.938 bits per heavy atom. The average Bonchev–Trinajstić information content (AvgIpc) is 3.02. The Bertz CT molecular complexity index is 182. The molecular weight excluding hydrogens is 192 g/mol. The van der Waals surface area contributed by atoms with Crippen LogP contribution in [-0.2, 0) is 0 Å². The summed E-state index contributed by atoms with van der Waals surface area (Å²) in [7, 11) is 0. The molecule has 0 aromatic carbocycles. The standard InChI is InChI=1S/C16H32/c1-6-13(4)7-8-14(5)9-10-15-11-16(15)12(2)3/h12-16H,6-11H2,1-5H3. The van der Waals surface area contributed by atoms with Gasteiger partial charge in [0, 0.05) is 0 Å². The molecule has 4 unspecified atom stereocenters. The molecule has 0 heteroatoms. The first-order valence-electron chi connectivity index (χ1n) is 7.54. The van der Waals surface area contributed by atoms with Gasteiger partial charge in [0.15, 0.2) is 0 Å². The van der Waals surface area contributed by atoms with E-state index in [1.807, 2.05) is 0 Å². The number of rotatable bonds is 8. The van der Waals surface area contributed by atoms with E-state index in [4.69, 9.17) is 0 Å². The molecule has 0 aromatic heterocycles. The normalized spacial score (nSPS) is 28.1. The molecule has 0 nitrogen and oxygen atoms in total. The predicted octanol–water partition coefficient (Wildman–Crippen LogP) is 5.52. The fourth-order valence-electron chi connectivity index (χ4n) is 2.84. The second-order valence-electron chi connectivity index (χ2n) is 6.68. The quantitative estimate of drug-likeness (QED) is 0.509. The lowest BCUT2D eigenvalue weighted by Crippen LogP contribution is -2.01. The van der Waals surface area contributed by atoms with Gasteiger partial charge in [0.1, 0.15) is 0 Å². The lowest BCUT2D eigenvalue weighted by Gasteiger charge is -2.14. The topological polar surface area (TPSA) is 0 Å². The Balaban J connectivity index is 2.01. The van der Waals surface area contributed by atoms with Gasteiger partial charge in [-0.2, -0.15) is 0 Å². The smallest absolute Gasteiger partial charge is 0.0360 e. The predicted molar refractivity (Wildman–Crippen MR) is 73.5 cm³/mol. The number of hydrogen-bond acceptors (Lipinski definition) is 0. The summed E-state index contributed by atoms with van der Waals surface area (Å²) < 4.78 is 0. The van der Waals surface area contributed by atoms with E-state index in [1.54, 1.807) is 0 Å². The third kappa shape index (κ3) is 4.89. The molecule has 16 heavy (non-hydrogen) atoms. The first kappa shape index (κ1) is 14.1. The Morgan fingerprint density at radius 2 is 1.56 bits per heavy atom. The molecule has 0 heterocycles. The van der Waals surface area contributed by atoms with E-state index >= 15 is 0 Å². The van der Waals surface area contributed by atoms with E-state index in [2.05, 4.69) is 34.6 Å². The Labute approximate surface area is 103 Å². The molecule has 1 saturated carbocycles. The van der Waals surface area contributed by atoms with Crippen molar-refractivity contribution in [3.63, 3.8) is 0 Å². The lowest BCUT2D eigenvalue weighted by molar-refractivity contribution is 0.383. The van der Waals surface area contributed by atoms with Crippen LogP contribution in [0.5, 0.6) is 0 Å². The van der Waals surface area contributed by atoms with Crippen LogP contribution in [-0.4, -0.2) is 0 Å². The zero-order valence-electron chi connectivity index (χ0n) is 12.1. The lowest BCUT2D eigenvalue weighted by atomic mass is 9.92. The monoisotopic (exact) mass is 224 g/mol. The van der Waals surface area contributed by atoms with Crippen LogP contribution in [0, 0.1) is 29.6 Å². The maximum atomic E-state index is 2.45. The van der Waals surface area contributed by atoms with Gasteiger partial charge in [-0.05, 0) is 42.4 Å². The first-order chi connectivity index (χ1) is 7.54. The largest absolute Gasteiger partial charge is 0.0651 e. The summed E-state index contributed by atoms with van der Waals surface area (Å²) in [5.74, 6) is 4.99. The van der Waals surface area contributed by atoms with Crippen molar-refractivity contribution in [1.82, 2.24) is 0 Å². The van der Waals surface area contributed by atoms with Gasteiger partial charge in [0.2, 0.25) is 0 Å². The van der Waals surface area contributed by atoms with Crippen molar-refractivity contribution in [2.45, 2.75) is 73.1 Å². The highest BCUT2D eigenvalue weighted by Gasteiger charge is 2.38. The molecule has 0 spiro atoms. The van der Waals surface area contributed by atoms with Crippen LogP contribution in [0.4, 0.5) is 0 Å². The second-order valence-corrected chi connectivity index (χ2v) is 6.68. The minimum Gasteiger partial charge on any atom is -0.0651 e. The van der Waals surface area contributed by atoms with Crippen LogP contribution in [0.3, 0.4) is 0 Å². The maximum absolute atomic E-state index is 2.45. The maximum Gasteiger partial charge on any atom is -0.0360 e. The second kappa shape index (κ2) is 6.67. The van der Waals surface area contributed by atoms with Crippen molar-refractivity contribution < 1.29 is 0 Å². The minimum atomic E-state index is 0.931. The summed E-state index contributed by atoms with van der Waals surface area (Å²) >= 11 is 0. The summed E-state index contributed by atoms with van der Waals surface area (Å²) in [4.78, 5) is 0. The molecule has 0 N–H and O–H groups in total. The molecule has 0 bridgehead atoms. The van der Waals surface area contributed by atoms with Crippen molar-refractivity contribution in [1.29, 1.82) is 0 Å². The van der Waals surface area contributed by atoms with Gasteiger partial charge in [-0.1, -0.05) is 60.3 Å². The Morgan fingerprint density at radius 3 is 2.06 bits per heavy atom. The fraction of sp³-hybridized carbons (Fsp3) is 1.00. The number of hydrogen-bond donors (Lipinski definition) is 0. The van der Waals surface area contributed by atoms with Crippen LogP contribution < -0.4 is 0 Å². The molecule has 0 saturated heterocycles. The zero-order valence-corrected chi connectivity index (χ0v) is 12.1. The van der Waals surface area contributed by atoms with Crippen LogP contribution in [0.1, 0.15) is 73.1 Å². The van der Waals surface area contributed by atoms with Gasteiger partial charge in [-0.25, -0.2) is 0 Å². The van der Waals surface area contributed by atoms with Gasteiger partial charge >= 0.3 is 0 Å². The van der Waals surface area contributed by atoms with Crippen molar-refractivity contribution in [2.24, 2.45) is 29.6 Å². The summed E-state index contributed by atoms with van der Waals surface area (Å²) in [6.07, 6.45) is 8.75. The van der Waals surface area contributed by atoms with Crippen LogP contribution in [0.25, 0.3) is 0 Å².